The Hall–Kier alpha value is -3.22. The van der Waals surface area contributed by atoms with Gasteiger partial charge in [0.25, 0.3) is 0 Å². The van der Waals surface area contributed by atoms with Crippen LogP contribution in [-0.4, -0.2) is 41.3 Å². The minimum atomic E-state index is -0.265. The fourth-order valence-corrected chi connectivity index (χ4v) is 4.91. The molecule has 2 heterocycles. The Bertz CT molecular complexity index is 1070. The smallest absolute Gasteiger partial charge is 0.326 e. The Labute approximate surface area is 180 Å². The molecule has 158 valence electrons. The van der Waals surface area contributed by atoms with E-state index in [1.807, 2.05) is 54.6 Å². The van der Waals surface area contributed by atoms with E-state index in [9.17, 15) is 14.3 Å². The fourth-order valence-electron chi connectivity index (χ4n) is 4.91. The van der Waals surface area contributed by atoms with Crippen molar-refractivity contribution in [1.29, 1.82) is 0 Å². The number of urea groups is 1. The highest BCUT2D eigenvalue weighted by Crippen LogP contribution is 2.48. The van der Waals surface area contributed by atoms with Crippen LogP contribution in [0.2, 0.25) is 0 Å². The quantitative estimate of drug-likeness (QED) is 0.669. The lowest BCUT2D eigenvalue weighted by Crippen LogP contribution is -2.69. The number of rotatable bonds is 4. The summed E-state index contributed by atoms with van der Waals surface area (Å²) in [7, 11) is 0. The average Bonchev–Trinajstić information content (AvgIpc) is 2.79. The van der Waals surface area contributed by atoms with E-state index < -0.39 is 0 Å². The normalized spacial score (nSPS) is 22.3. The lowest BCUT2D eigenvalue weighted by atomic mass is 9.72. The molecule has 6 heteroatoms. The van der Waals surface area contributed by atoms with Gasteiger partial charge in [0.2, 0.25) is 0 Å². The summed E-state index contributed by atoms with van der Waals surface area (Å²) in [5.74, 6) is -0.110. The molecule has 0 saturated carbocycles. The van der Waals surface area contributed by atoms with E-state index in [1.54, 1.807) is 17.0 Å². The molecule has 1 fully saturated rings. The number of anilines is 2. The number of fused-ring (bicyclic) bond motifs is 3. The van der Waals surface area contributed by atoms with Crippen LogP contribution >= 0.6 is 0 Å². The summed E-state index contributed by atoms with van der Waals surface area (Å²) in [6.45, 7) is 1.16. The monoisotopic (exact) mass is 417 g/mol. The second-order valence-corrected chi connectivity index (χ2v) is 8.11. The van der Waals surface area contributed by atoms with Crippen molar-refractivity contribution in [2.75, 3.05) is 23.4 Å². The zero-order chi connectivity index (χ0) is 21.4. The van der Waals surface area contributed by atoms with E-state index in [-0.39, 0.29) is 36.5 Å². The molecule has 5 rings (SSSR count). The van der Waals surface area contributed by atoms with Crippen molar-refractivity contribution >= 4 is 17.4 Å². The highest BCUT2D eigenvalue weighted by molar-refractivity contribution is 6.02. The number of hydrogen-bond donors (Lipinski definition) is 2. The SMILES string of the molecule is O=C(Nc1ccccc1)N1C[C@H]2[C@@H](c3ccccc31)[C@H](CO)N2Cc1ccc(F)cc1. The number of nitrogens with zero attached hydrogens (tertiary/aromatic N) is 2. The topological polar surface area (TPSA) is 55.8 Å². The predicted molar refractivity (Wildman–Crippen MR) is 119 cm³/mol. The molecular weight excluding hydrogens is 393 g/mol. The number of aliphatic hydroxyl groups is 1. The van der Waals surface area contributed by atoms with Gasteiger partial charge in [-0.1, -0.05) is 48.5 Å². The summed E-state index contributed by atoms with van der Waals surface area (Å²) in [6, 6.07) is 23.7. The maximum atomic E-state index is 13.3. The summed E-state index contributed by atoms with van der Waals surface area (Å²) in [5, 5.41) is 13.1. The highest BCUT2D eigenvalue weighted by atomic mass is 19.1. The van der Waals surface area contributed by atoms with Crippen molar-refractivity contribution < 1.29 is 14.3 Å². The molecule has 2 amide bonds. The van der Waals surface area contributed by atoms with Gasteiger partial charge in [-0.3, -0.25) is 9.80 Å². The first-order valence-electron chi connectivity index (χ1n) is 10.5. The molecule has 0 aliphatic carbocycles. The number of para-hydroxylation sites is 2. The first-order chi connectivity index (χ1) is 15.2. The molecule has 0 aromatic heterocycles. The molecule has 3 atom stereocenters. The third-order valence-electron chi connectivity index (χ3n) is 6.37. The number of benzene rings is 3. The number of aliphatic hydroxyl groups excluding tert-OH is 1. The van der Waals surface area contributed by atoms with Crippen molar-refractivity contribution in [3.63, 3.8) is 0 Å². The van der Waals surface area contributed by atoms with Gasteiger partial charge in [0.15, 0.2) is 0 Å². The van der Waals surface area contributed by atoms with Gasteiger partial charge < -0.3 is 10.4 Å². The molecule has 0 unspecified atom stereocenters. The van der Waals surface area contributed by atoms with Crippen LogP contribution in [0.15, 0.2) is 78.9 Å². The molecule has 5 nitrogen and oxygen atoms in total. The molecule has 3 aromatic carbocycles. The Kier molecular flexibility index (Phi) is 5.18. The second kappa shape index (κ2) is 8.13. The fraction of sp³-hybridized carbons (Fsp3) is 0.240. The van der Waals surface area contributed by atoms with Gasteiger partial charge in [-0.25, -0.2) is 9.18 Å². The molecule has 0 radical (unpaired) electrons. The van der Waals surface area contributed by atoms with Gasteiger partial charge in [0.1, 0.15) is 5.82 Å². The number of carbonyl (C=O) groups is 1. The van der Waals surface area contributed by atoms with Crippen LogP contribution in [0.4, 0.5) is 20.6 Å². The van der Waals surface area contributed by atoms with E-state index in [0.29, 0.717) is 13.1 Å². The van der Waals surface area contributed by atoms with Crippen molar-refractivity contribution in [2.24, 2.45) is 0 Å². The number of halogens is 1. The molecule has 0 spiro atoms. The van der Waals surface area contributed by atoms with Crippen LogP contribution in [0.25, 0.3) is 0 Å². The van der Waals surface area contributed by atoms with E-state index in [0.717, 1.165) is 22.5 Å². The Balaban J connectivity index is 1.43. The molecular formula is C25H24FN3O2. The van der Waals surface area contributed by atoms with Crippen LogP contribution in [0.5, 0.6) is 0 Å². The van der Waals surface area contributed by atoms with Crippen molar-refractivity contribution in [3.8, 4) is 0 Å². The van der Waals surface area contributed by atoms with E-state index in [2.05, 4.69) is 10.2 Å². The van der Waals surface area contributed by atoms with Gasteiger partial charge in [-0.15, -0.1) is 0 Å². The third-order valence-corrected chi connectivity index (χ3v) is 6.37. The maximum absolute atomic E-state index is 13.3. The van der Waals surface area contributed by atoms with Gasteiger partial charge in [-0.05, 0) is 41.5 Å². The summed E-state index contributed by atoms with van der Waals surface area (Å²) in [4.78, 5) is 17.2. The van der Waals surface area contributed by atoms with Gasteiger partial charge in [-0.2, -0.15) is 0 Å². The molecule has 31 heavy (non-hydrogen) atoms. The third kappa shape index (κ3) is 3.58. The van der Waals surface area contributed by atoms with Crippen molar-refractivity contribution in [1.82, 2.24) is 4.90 Å². The van der Waals surface area contributed by atoms with Crippen molar-refractivity contribution in [2.45, 2.75) is 24.5 Å². The minimum Gasteiger partial charge on any atom is -0.395 e. The van der Waals surface area contributed by atoms with Crippen LogP contribution in [-0.2, 0) is 6.54 Å². The van der Waals surface area contributed by atoms with Crippen LogP contribution in [0, 0.1) is 5.82 Å². The highest BCUT2D eigenvalue weighted by Gasteiger charge is 2.53. The lowest BCUT2D eigenvalue weighted by Gasteiger charge is -2.59. The Morgan fingerprint density at radius 3 is 2.45 bits per heavy atom. The lowest BCUT2D eigenvalue weighted by molar-refractivity contribution is -0.0484. The first-order valence-corrected chi connectivity index (χ1v) is 10.5. The number of likely N-dealkylation sites (tertiary alicyclic amines) is 1. The first kappa shape index (κ1) is 19.7. The number of amides is 2. The summed E-state index contributed by atoms with van der Waals surface area (Å²) >= 11 is 0. The zero-order valence-corrected chi connectivity index (χ0v) is 17.0. The van der Waals surface area contributed by atoms with Crippen molar-refractivity contribution in [3.05, 3.63) is 95.8 Å². The van der Waals surface area contributed by atoms with E-state index >= 15 is 0 Å². The zero-order valence-electron chi connectivity index (χ0n) is 17.0. The van der Waals surface area contributed by atoms with Crippen LogP contribution < -0.4 is 10.2 Å². The number of carbonyl (C=O) groups excluding carboxylic acids is 1. The van der Waals surface area contributed by atoms with Gasteiger partial charge >= 0.3 is 6.03 Å². The molecule has 2 aliphatic heterocycles. The molecule has 2 aliphatic rings. The van der Waals surface area contributed by atoms with Crippen LogP contribution in [0.1, 0.15) is 17.0 Å². The average molecular weight is 417 g/mol. The summed E-state index contributed by atoms with van der Waals surface area (Å²) in [6.07, 6.45) is 0. The van der Waals surface area contributed by atoms with Gasteiger partial charge in [0, 0.05) is 42.5 Å². The minimum absolute atomic E-state index is 0.0319. The maximum Gasteiger partial charge on any atom is 0.326 e. The molecule has 2 N–H and O–H groups in total. The second-order valence-electron chi connectivity index (χ2n) is 8.11. The Morgan fingerprint density at radius 2 is 1.71 bits per heavy atom. The standard InChI is InChI=1S/C25H24FN3O2/c26-18-12-10-17(11-13-18)14-28-22-15-29(25(31)27-19-6-2-1-3-7-19)21-9-5-4-8-20(21)24(22)23(28)16-30/h1-13,22-24,30H,14-16H2,(H,27,31)/t22-,23-,24+/m0/s1. The largest absolute Gasteiger partial charge is 0.395 e. The number of hydrogen-bond acceptors (Lipinski definition) is 3. The van der Waals surface area contributed by atoms with E-state index in [4.69, 9.17) is 0 Å². The predicted octanol–water partition coefficient (Wildman–Crippen LogP) is 4.21. The van der Waals surface area contributed by atoms with Crippen LogP contribution in [0.3, 0.4) is 0 Å². The summed E-state index contributed by atoms with van der Waals surface area (Å²) < 4.78 is 13.3. The number of nitrogens with one attached hydrogen (secondary N) is 1. The van der Waals surface area contributed by atoms with E-state index in [1.165, 1.54) is 12.1 Å². The van der Waals surface area contributed by atoms with Gasteiger partial charge in [0.05, 0.1) is 6.61 Å². The molecule has 3 aromatic rings. The Morgan fingerprint density at radius 1 is 1.00 bits per heavy atom. The molecule has 1 saturated heterocycles. The molecule has 0 bridgehead atoms. The summed E-state index contributed by atoms with van der Waals surface area (Å²) in [5.41, 5.74) is 3.70.